The second-order valence-corrected chi connectivity index (χ2v) is 14.1. The van der Waals surface area contributed by atoms with Crippen molar-refractivity contribution in [2.24, 2.45) is 33.5 Å². The van der Waals surface area contributed by atoms with Gasteiger partial charge in [0.2, 0.25) is 0 Å². The first kappa shape index (κ1) is 47.2. The summed E-state index contributed by atoms with van der Waals surface area (Å²) in [5, 5.41) is 0. The Labute approximate surface area is 264 Å². The van der Waals surface area contributed by atoms with Crippen LogP contribution in [0, 0.1) is 33.5 Å². The third-order valence-electron chi connectivity index (χ3n) is 11.6. The van der Waals surface area contributed by atoms with Crippen molar-refractivity contribution in [2.75, 3.05) is 0 Å². The van der Waals surface area contributed by atoms with Crippen molar-refractivity contribution in [3.05, 3.63) is 36.5 Å². The average molecular weight is 577 g/mol. The zero-order valence-corrected chi connectivity index (χ0v) is 23.5. The van der Waals surface area contributed by atoms with Gasteiger partial charge in [0.15, 0.2) is 0 Å². The summed E-state index contributed by atoms with van der Waals surface area (Å²) in [4.78, 5) is 0. The molecule has 0 saturated heterocycles. The molecule has 8 rings (SSSR count). The van der Waals surface area contributed by atoms with Crippen LogP contribution < -0.4 is 0 Å². The van der Waals surface area contributed by atoms with Crippen molar-refractivity contribution in [2.45, 2.75) is 195 Å². The first-order chi connectivity index (χ1) is 16.3. The lowest BCUT2D eigenvalue weighted by molar-refractivity contribution is 0.346. The van der Waals surface area contributed by atoms with Gasteiger partial charge >= 0.3 is 0 Å². The molecule has 0 heteroatoms. The van der Waals surface area contributed by atoms with Gasteiger partial charge in [-0.15, -0.1) is 13.2 Å². The van der Waals surface area contributed by atoms with Crippen molar-refractivity contribution in [1.82, 2.24) is 0 Å². The molecule has 8 aliphatic rings. The van der Waals surface area contributed by atoms with Gasteiger partial charge in [-0.2, -0.15) is 0 Å². The van der Waals surface area contributed by atoms with Crippen molar-refractivity contribution < 1.29 is 0 Å². The highest BCUT2D eigenvalue weighted by atomic mass is 14.8. The lowest BCUT2D eigenvalue weighted by Gasteiger charge is -2.22. The largest absolute Gasteiger partial charge is 0.106 e. The highest BCUT2D eigenvalue weighted by molar-refractivity contribution is 5.28. The summed E-state index contributed by atoms with van der Waals surface area (Å²) < 4.78 is 0. The monoisotopic (exact) mass is 577 g/mol. The maximum Gasteiger partial charge on any atom is -0.0195 e. The smallest absolute Gasteiger partial charge is 0.0195 e. The molecule has 0 bridgehead atoms. The maximum absolute atomic E-state index is 3.00. The lowest BCUT2D eigenvalue weighted by atomic mass is 9.83. The fraction of sp³-hybridized carbons (Fsp3) is 0.854. The first-order valence-corrected chi connectivity index (χ1v) is 15.1. The van der Waals surface area contributed by atoms with E-state index in [1.807, 2.05) is 0 Å². The topological polar surface area (TPSA) is 0 Å². The van der Waals surface area contributed by atoms with Crippen LogP contribution in [0.3, 0.4) is 0 Å². The predicted molar refractivity (Wildman–Crippen MR) is 197 cm³/mol. The van der Waals surface area contributed by atoms with E-state index in [9.17, 15) is 0 Å². The third-order valence-corrected chi connectivity index (χ3v) is 11.6. The Balaban J connectivity index is -0.000000214. The molecule has 0 aromatic carbocycles. The van der Waals surface area contributed by atoms with Crippen LogP contribution in [-0.4, -0.2) is 0 Å². The Hall–Kier alpha value is -0.780. The van der Waals surface area contributed by atoms with Crippen molar-refractivity contribution in [1.29, 1.82) is 0 Å². The fourth-order valence-electron chi connectivity index (χ4n) is 9.49. The Kier molecular flexibility index (Phi) is 21.6. The molecule has 0 nitrogen and oxygen atoms in total. The van der Waals surface area contributed by atoms with Crippen LogP contribution in [0.15, 0.2) is 36.5 Å². The van der Waals surface area contributed by atoms with Gasteiger partial charge in [0.05, 0.1) is 0 Å². The summed E-state index contributed by atoms with van der Waals surface area (Å²) in [6.45, 7) is 15.3. The van der Waals surface area contributed by atoms with Crippen molar-refractivity contribution in [3.63, 3.8) is 0 Å². The summed E-state index contributed by atoms with van der Waals surface area (Å²) >= 11 is 0. The van der Waals surface area contributed by atoms with Gasteiger partial charge in [0.1, 0.15) is 0 Å². The van der Waals surface area contributed by atoms with Gasteiger partial charge in [0.25, 0.3) is 0 Å². The molecule has 0 spiro atoms. The van der Waals surface area contributed by atoms with Crippen LogP contribution in [0.2, 0.25) is 0 Å². The quantitative estimate of drug-likeness (QED) is 0.252. The molecule has 0 radical (unpaired) electrons. The zero-order valence-electron chi connectivity index (χ0n) is 23.5. The van der Waals surface area contributed by atoms with Crippen LogP contribution in [-0.2, 0) is 0 Å². The summed E-state index contributed by atoms with van der Waals surface area (Å²) in [7, 11) is 0. The summed E-state index contributed by atoms with van der Waals surface area (Å²) in [6.07, 6.45) is 31.8. The Morgan fingerprint density at radius 3 is 1.44 bits per heavy atom. The van der Waals surface area contributed by atoms with Crippen LogP contribution in [0.1, 0.15) is 195 Å². The number of rotatable bonds is 0. The summed E-state index contributed by atoms with van der Waals surface area (Å²) in [5.74, 6) is 2.13. The maximum atomic E-state index is 3.00. The highest BCUT2D eigenvalue weighted by Gasteiger charge is 2.72. The molecule has 0 aliphatic heterocycles. The molecule has 4 atom stereocenters. The molecule has 4 unspecified atom stereocenters. The number of hydrogen-bond donors (Lipinski definition) is 0. The minimum Gasteiger partial charge on any atom is -0.106 e. The van der Waals surface area contributed by atoms with Gasteiger partial charge < -0.3 is 0 Å². The lowest BCUT2D eigenvalue weighted by Crippen LogP contribution is -2.11. The molecule has 41 heavy (non-hydrogen) atoms. The van der Waals surface area contributed by atoms with Crippen molar-refractivity contribution in [3.8, 4) is 0 Å². The van der Waals surface area contributed by atoms with Crippen LogP contribution in [0.25, 0.3) is 0 Å². The van der Waals surface area contributed by atoms with E-state index in [2.05, 4.69) is 53.0 Å². The van der Waals surface area contributed by atoms with E-state index in [4.69, 9.17) is 0 Å². The zero-order chi connectivity index (χ0) is 24.5. The molecule has 0 aromatic rings. The second kappa shape index (κ2) is 18.8. The standard InChI is InChI=1S/C11H16.C10H16.C6H10.C5H10.C2H4.7CH4/c1-9-3-6-10-4-2-5-11(10,7-9)8-10;1-8-5-9-3-2-4-10(9,6-8)7-9;1-6-4-2-3-5-6;1-5-3-2-4-5;1-2;;;;;;;/h3H,2,4-8H2,1H3;8H,2-7H2,1H3;4H,2-3,5H2,1H3;5H,2-4H2,1H3;1-2H2;7*1H4. The van der Waals surface area contributed by atoms with Crippen LogP contribution in [0.5, 0.6) is 0 Å². The van der Waals surface area contributed by atoms with Gasteiger partial charge in [-0.1, -0.05) is 121 Å². The molecule has 8 aliphatic carbocycles. The van der Waals surface area contributed by atoms with Gasteiger partial charge in [0, 0.05) is 0 Å². The summed E-state index contributed by atoms with van der Waals surface area (Å²) in [6, 6.07) is 0. The Morgan fingerprint density at radius 2 is 1.05 bits per heavy atom. The predicted octanol–water partition coefficient (Wildman–Crippen LogP) is 15.4. The second-order valence-electron chi connectivity index (χ2n) is 14.1. The molecule has 248 valence electrons. The minimum atomic E-state index is 0. The summed E-state index contributed by atoms with van der Waals surface area (Å²) in [5.41, 5.74) is 6.77. The Bertz CT molecular complexity index is 741. The molecular weight excluding hydrogens is 492 g/mol. The van der Waals surface area contributed by atoms with Gasteiger partial charge in [-0.25, -0.2) is 0 Å². The highest BCUT2D eigenvalue weighted by Crippen LogP contribution is 2.82. The van der Waals surface area contributed by atoms with E-state index in [-0.39, 0.29) is 52.0 Å². The molecule has 6 saturated carbocycles. The SMILES string of the molecule is C.C.C.C.C.C.C.C=C.CC1=CCC23CCCC2(C1)C3.CC1=CCCC1.CC1CC23CCCC2(C1)C3.CC1CCC1. The average Bonchev–Trinajstić information content (AvgIpc) is 3.19. The Morgan fingerprint density at radius 1 is 0.585 bits per heavy atom. The number of allylic oxidation sites excluding steroid dienone is 4. The molecule has 0 heterocycles. The first-order valence-electron chi connectivity index (χ1n) is 15.1. The molecular formula is C41H84. The van der Waals surface area contributed by atoms with Crippen molar-refractivity contribution >= 4 is 0 Å². The van der Waals surface area contributed by atoms with E-state index in [0.29, 0.717) is 0 Å². The van der Waals surface area contributed by atoms with E-state index < -0.39 is 0 Å². The van der Waals surface area contributed by atoms with E-state index >= 15 is 0 Å². The minimum absolute atomic E-state index is 0. The van der Waals surface area contributed by atoms with E-state index in [1.54, 1.807) is 56.1 Å². The fourth-order valence-corrected chi connectivity index (χ4v) is 9.49. The van der Waals surface area contributed by atoms with Crippen LogP contribution >= 0.6 is 0 Å². The normalized spacial score (nSPS) is 36.1. The molecule has 0 amide bonds. The van der Waals surface area contributed by atoms with E-state index in [0.717, 1.165) is 33.5 Å². The number of hydrogen-bond acceptors (Lipinski definition) is 0. The van der Waals surface area contributed by atoms with Crippen LogP contribution in [0.4, 0.5) is 0 Å². The van der Waals surface area contributed by atoms with Gasteiger partial charge in [-0.3, -0.25) is 0 Å². The molecule has 6 fully saturated rings. The molecule has 0 N–H and O–H groups in total. The molecule has 0 aromatic heterocycles. The van der Waals surface area contributed by atoms with Gasteiger partial charge in [-0.05, 0) is 131 Å². The third kappa shape index (κ3) is 9.60. The van der Waals surface area contributed by atoms with E-state index in [1.165, 1.54) is 70.6 Å².